The molecule has 4 rings (SSSR count). The molecule has 0 aliphatic carbocycles. The van der Waals surface area contributed by atoms with E-state index in [2.05, 4.69) is 15.3 Å². The average Bonchev–Trinajstić information content (AvgIpc) is 3.08. The molecular formula is C11H10N4O2S3. The summed E-state index contributed by atoms with van der Waals surface area (Å²) in [4.78, 5) is 0.713. The summed E-state index contributed by atoms with van der Waals surface area (Å²) in [7, 11) is -2.89. The standard InChI is InChI=1S/C11H10N4O2S3/c16-20(17)4-2-8(6-20)10-14-15-9(7-1-3-18-5-7)12-13-11(15)19-10/h1,3,5,8H,2,4,6H2/t8-/m1/s1. The molecule has 1 saturated heterocycles. The Morgan fingerprint density at radius 2 is 2.25 bits per heavy atom. The van der Waals surface area contributed by atoms with E-state index in [4.69, 9.17) is 0 Å². The molecule has 4 heterocycles. The van der Waals surface area contributed by atoms with E-state index in [9.17, 15) is 8.42 Å². The summed E-state index contributed by atoms with van der Waals surface area (Å²) >= 11 is 3.02. The van der Waals surface area contributed by atoms with Crippen LogP contribution in [0.1, 0.15) is 17.3 Å². The van der Waals surface area contributed by atoms with E-state index in [0.29, 0.717) is 17.2 Å². The van der Waals surface area contributed by atoms with Gasteiger partial charge >= 0.3 is 0 Å². The SMILES string of the molecule is O=S1(=O)CC[C@@H](c2nn3c(-c4ccsc4)nnc3s2)C1. The second-order valence-electron chi connectivity index (χ2n) is 4.77. The summed E-state index contributed by atoms with van der Waals surface area (Å²) in [6, 6.07) is 1.97. The van der Waals surface area contributed by atoms with Gasteiger partial charge in [-0.1, -0.05) is 11.3 Å². The molecule has 1 fully saturated rings. The van der Waals surface area contributed by atoms with Crippen LogP contribution in [0.15, 0.2) is 16.8 Å². The highest BCUT2D eigenvalue weighted by molar-refractivity contribution is 7.91. The molecule has 1 aliphatic rings. The first kappa shape index (κ1) is 12.4. The maximum atomic E-state index is 11.6. The van der Waals surface area contributed by atoms with E-state index in [1.165, 1.54) is 11.3 Å². The molecule has 0 bridgehead atoms. The fraction of sp³-hybridized carbons (Fsp3) is 0.364. The van der Waals surface area contributed by atoms with Gasteiger partial charge in [-0.2, -0.15) is 21.0 Å². The predicted molar refractivity (Wildman–Crippen MR) is 78.0 cm³/mol. The second kappa shape index (κ2) is 4.34. The zero-order chi connectivity index (χ0) is 13.7. The number of thiophene rings is 1. The third-order valence-electron chi connectivity index (χ3n) is 3.37. The maximum absolute atomic E-state index is 11.6. The van der Waals surface area contributed by atoms with E-state index >= 15 is 0 Å². The van der Waals surface area contributed by atoms with Gasteiger partial charge in [0.1, 0.15) is 5.01 Å². The summed E-state index contributed by atoms with van der Waals surface area (Å²) in [5, 5.41) is 17.6. The number of aromatic nitrogens is 4. The van der Waals surface area contributed by atoms with Crippen molar-refractivity contribution in [2.75, 3.05) is 11.5 Å². The minimum absolute atomic E-state index is 0.00187. The van der Waals surface area contributed by atoms with Gasteiger partial charge < -0.3 is 0 Å². The highest BCUT2D eigenvalue weighted by Gasteiger charge is 2.32. The number of hydrogen-bond acceptors (Lipinski definition) is 7. The van der Waals surface area contributed by atoms with Crippen molar-refractivity contribution in [3.05, 3.63) is 21.8 Å². The Morgan fingerprint density at radius 3 is 2.95 bits per heavy atom. The van der Waals surface area contributed by atoms with Crippen LogP contribution in [0.2, 0.25) is 0 Å². The fourth-order valence-electron chi connectivity index (χ4n) is 2.36. The van der Waals surface area contributed by atoms with Crippen molar-refractivity contribution in [3.8, 4) is 11.4 Å². The number of hydrogen-bond donors (Lipinski definition) is 0. The van der Waals surface area contributed by atoms with Crippen LogP contribution in [0.25, 0.3) is 16.3 Å². The zero-order valence-corrected chi connectivity index (χ0v) is 12.7. The zero-order valence-electron chi connectivity index (χ0n) is 10.3. The van der Waals surface area contributed by atoms with E-state index in [1.54, 1.807) is 15.9 Å². The largest absolute Gasteiger partial charge is 0.234 e. The van der Waals surface area contributed by atoms with Crippen molar-refractivity contribution in [2.45, 2.75) is 12.3 Å². The molecule has 104 valence electrons. The number of nitrogens with zero attached hydrogens (tertiary/aromatic N) is 4. The summed E-state index contributed by atoms with van der Waals surface area (Å²) in [6.07, 6.45) is 0.653. The van der Waals surface area contributed by atoms with E-state index in [-0.39, 0.29) is 17.4 Å². The molecule has 0 N–H and O–H groups in total. The lowest BCUT2D eigenvalue weighted by atomic mass is 10.1. The lowest BCUT2D eigenvalue weighted by molar-refractivity contribution is 0.601. The second-order valence-corrected chi connectivity index (χ2v) is 8.77. The van der Waals surface area contributed by atoms with Gasteiger partial charge in [0.2, 0.25) is 4.96 Å². The van der Waals surface area contributed by atoms with Gasteiger partial charge in [0, 0.05) is 16.9 Å². The molecule has 0 unspecified atom stereocenters. The Balaban J connectivity index is 1.77. The van der Waals surface area contributed by atoms with Crippen molar-refractivity contribution in [2.24, 2.45) is 0 Å². The van der Waals surface area contributed by atoms with Gasteiger partial charge in [-0.25, -0.2) is 8.42 Å². The monoisotopic (exact) mass is 326 g/mol. The molecule has 9 heteroatoms. The number of fused-ring (bicyclic) bond motifs is 1. The third kappa shape index (κ3) is 1.97. The Labute approximate surface area is 123 Å². The summed E-state index contributed by atoms with van der Waals surface area (Å²) in [5.74, 6) is 1.17. The van der Waals surface area contributed by atoms with Crippen molar-refractivity contribution in [1.82, 2.24) is 19.8 Å². The minimum atomic E-state index is -2.89. The minimum Gasteiger partial charge on any atom is -0.229 e. The molecule has 0 aromatic carbocycles. The van der Waals surface area contributed by atoms with Crippen molar-refractivity contribution in [3.63, 3.8) is 0 Å². The van der Waals surface area contributed by atoms with Gasteiger partial charge in [0.05, 0.1) is 11.5 Å². The smallest absolute Gasteiger partial charge is 0.229 e. The average molecular weight is 326 g/mol. The molecule has 20 heavy (non-hydrogen) atoms. The lowest BCUT2D eigenvalue weighted by Gasteiger charge is -2.00. The van der Waals surface area contributed by atoms with Crippen LogP contribution < -0.4 is 0 Å². The first-order valence-corrected chi connectivity index (χ1v) is 9.65. The van der Waals surface area contributed by atoms with Crippen LogP contribution in [-0.4, -0.2) is 39.7 Å². The molecular weight excluding hydrogens is 316 g/mol. The highest BCUT2D eigenvalue weighted by atomic mass is 32.2. The molecule has 0 saturated carbocycles. The predicted octanol–water partition coefficient (Wildman–Crippen LogP) is 1.82. The van der Waals surface area contributed by atoms with Gasteiger partial charge in [-0.3, -0.25) is 0 Å². The van der Waals surface area contributed by atoms with Crippen molar-refractivity contribution >= 4 is 37.5 Å². The molecule has 0 amide bonds. The molecule has 3 aromatic rings. The molecule has 1 aliphatic heterocycles. The van der Waals surface area contributed by atoms with Crippen LogP contribution >= 0.6 is 22.7 Å². The van der Waals surface area contributed by atoms with Gasteiger partial charge in [-0.05, 0) is 17.9 Å². The third-order valence-corrected chi connectivity index (χ3v) is 6.88. The van der Waals surface area contributed by atoms with Crippen LogP contribution in [0.5, 0.6) is 0 Å². The molecule has 0 radical (unpaired) electrons. The Hall–Kier alpha value is -1.32. The molecule has 0 spiro atoms. The van der Waals surface area contributed by atoms with Gasteiger partial charge in [0.15, 0.2) is 15.7 Å². The normalized spacial score (nSPS) is 21.7. The molecule has 3 aromatic heterocycles. The number of rotatable bonds is 2. The highest BCUT2D eigenvalue weighted by Crippen LogP contribution is 2.32. The number of sulfone groups is 1. The topological polar surface area (TPSA) is 77.2 Å². The van der Waals surface area contributed by atoms with E-state index in [0.717, 1.165) is 10.6 Å². The summed E-state index contributed by atoms with van der Waals surface area (Å²) in [6.45, 7) is 0. The fourth-order valence-corrected chi connectivity index (χ4v) is 5.82. The van der Waals surface area contributed by atoms with Crippen LogP contribution in [-0.2, 0) is 9.84 Å². The maximum Gasteiger partial charge on any atom is 0.234 e. The van der Waals surface area contributed by atoms with Gasteiger partial charge in [-0.15, -0.1) is 10.2 Å². The summed E-state index contributed by atoms with van der Waals surface area (Å²) in [5.41, 5.74) is 0.985. The lowest BCUT2D eigenvalue weighted by Crippen LogP contribution is -2.04. The van der Waals surface area contributed by atoms with Crippen molar-refractivity contribution < 1.29 is 8.42 Å². The first-order valence-electron chi connectivity index (χ1n) is 6.07. The molecule has 1 atom stereocenters. The van der Waals surface area contributed by atoms with E-state index in [1.807, 2.05) is 16.8 Å². The Morgan fingerprint density at radius 1 is 1.35 bits per heavy atom. The Bertz CT molecular complexity index is 863. The molecule has 6 nitrogen and oxygen atoms in total. The van der Waals surface area contributed by atoms with Gasteiger partial charge in [0.25, 0.3) is 0 Å². The Kier molecular flexibility index (Phi) is 2.69. The van der Waals surface area contributed by atoms with E-state index < -0.39 is 9.84 Å². The van der Waals surface area contributed by atoms with Crippen LogP contribution in [0, 0.1) is 0 Å². The summed E-state index contributed by atoms with van der Waals surface area (Å²) < 4.78 is 24.8. The van der Waals surface area contributed by atoms with Crippen LogP contribution in [0.3, 0.4) is 0 Å². The quantitative estimate of drug-likeness (QED) is 0.718. The first-order chi connectivity index (χ1) is 9.62. The van der Waals surface area contributed by atoms with Crippen molar-refractivity contribution in [1.29, 1.82) is 0 Å². The van der Waals surface area contributed by atoms with Crippen LogP contribution in [0.4, 0.5) is 0 Å².